The molecule has 0 aliphatic carbocycles. The van der Waals surface area contributed by atoms with Crippen molar-refractivity contribution in [3.63, 3.8) is 0 Å². The van der Waals surface area contributed by atoms with E-state index in [1.54, 1.807) is 6.07 Å². The molecule has 126 valence electrons. The lowest BCUT2D eigenvalue weighted by Gasteiger charge is -2.43. The molecule has 0 aromatic heterocycles. The first-order valence-corrected chi connectivity index (χ1v) is 8.40. The number of hydrogen-bond acceptors (Lipinski definition) is 4. The Hall–Kier alpha value is -1.43. The maximum atomic E-state index is 11.3. The number of carbonyl (C=O) groups is 1. The van der Waals surface area contributed by atoms with Crippen LogP contribution in [0, 0.1) is 5.92 Å². The molecule has 2 fully saturated rings. The van der Waals surface area contributed by atoms with Gasteiger partial charge in [0.05, 0.1) is 12.2 Å². The fraction of sp³-hybridized carbons (Fsp3) is 0.611. The summed E-state index contributed by atoms with van der Waals surface area (Å²) in [5.41, 5.74) is 6.34. The van der Waals surface area contributed by atoms with Gasteiger partial charge in [-0.3, -0.25) is 9.69 Å². The minimum Gasteiger partial charge on any atom is -0.390 e. The summed E-state index contributed by atoms with van der Waals surface area (Å²) in [6.07, 6.45) is 2.91. The number of ether oxygens (including phenoxy) is 1. The SMILES string of the molecule is CC1(O)CCOCC1C1CCCN1Cc1cccc(C(N)=O)c1. The summed E-state index contributed by atoms with van der Waals surface area (Å²) < 4.78 is 5.63. The highest BCUT2D eigenvalue weighted by molar-refractivity contribution is 5.92. The lowest BCUT2D eigenvalue weighted by molar-refractivity contribution is -0.123. The average Bonchev–Trinajstić information content (AvgIpc) is 2.95. The zero-order valence-electron chi connectivity index (χ0n) is 13.7. The molecule has 1 amide bonds. The molecular weight excluding hydrogens is 292 g/mol. The molecule has 0 saturated carbocycles. The number of benzene rings is 1. The summed E-state index contributed by atoms with van der Waals surface area (Å²) >= 11 is 0. The lowest BCUT2D eigenvalue weighted by Crippen LogP contribution is -2.52. The Bertz CT molecular complexity index is 573. The number of amides is 1. The molecule has 5 nitrogen and oxygen atoms in total. The van der Waals surface area contributed by atoms with Crippen molar-refractivity contribution in [2.75, 3.05) is 19.8 Å². The summed E-state index contributed by atoms with van der Waals surface area (Å²) in [5.74, 6) is -0.258. The Kier molecular flexibility index (Phi) is 4.71. The smallest absolute Gasteiger partial charge is 0.248 e. The molecule has 3 N–H and O–H groups in total. The van der Waals surface area contributed by atoms with Crippen LogP contribution in [0.5, 0.6) is 0 Å². The molecule has 2 heterocycles. The van der Waals surface area contributed by atoms with E-state index in [1.807, 2.05) is 25.1 Å². The molecular formula is C18H26N2O3. The summed E-state index contributed by atoms with van der Waals surface area (Å²) in [6, 6.07) is 7.83. The third kappa shape index (κ3) is 3.57. The van der Waals surface area contributed by atoms with Crippen LogP contribution in [0.2, 0.25) is 0 Å². The Morgan fingerprint density at radius 2 is 2.35 bits per heavy atom. The largest absolute Gasteiger partial charge is 0.390 e. The van der Waals surface area contributed by atoms with Gasteiger partial charge in [0, 0.05) is 30.7 Å². The van der Waals surface area contributed by atoms with Crippen LogP contribution in [0.3, 0.4) is 0 Å². The van der Waals surface area contributed by atoms with Gasteiger partial charge in [-0.05, 0) is 50.4 Å². The van der Waals surface area contributed by atoms with Crippen molar-refractivity contribution in [1.82, 2.24) is 4.90 Å². The van der Waals surface area contributed by atoms with Gasteiger partial charge in [0.1, 0.15) is 0 Å². The average molecular weight is 318 g/mol. The van der Waals surface area contributed by atoms with E-state index in [9.17, 15) is 9.90 Å². The number of carbonyl (C=O) groups excluding carboxylic acids is 1. The Morgan fingerprint density at radius 3 is 3.09 bits per heavy atom. The topological polar surface area (TPSA) is 75.8 Å². The summed E-state index contributed by atoms with van der Waals surface area (Å²) in [7, 11) is 0. The van der Waals surface area contributed by atoms with Crippen LogP contribution in [0.15, 0.2) is 24.3 Å². The fourth-order valence-electron chi connectivity index (χ4n) is 3.94. The van der Waals surface area contributed by atoms with Crippen LogP contribution >= 0.6 is 0 Å². The number of rotatable bonds is 4. The van der Waals surface area contributed by atoms with Crippen LogP contribution in [-0.4, -0.2) is 47.3 Å². The molecule has 3 rings (SSSR count). The maximum absolute atomic E-state index is 11.3. The predicted molar refractivity (Wildman–Crippen MR) is 87.9 cm³/mol. The first-order valence-electron chi connectivity index (χ1n) is 8.40. The zero-order valence-corrected chi connectivity index (χ0v) is 13.7. The van der Waals surface area contributed by atoms with Crippen LogP contribution in [0.25, 0.3) is 0 Å². The van der Waals surface area contributed by atoms with Crippen LogP contribution in [-0.2, 0) is 11.3 Å². The van der Waals surface area contributed by atoms with Crippen LogP contribution in [0.1, 0.15) is 42.1 Å². The van der Waals surface area contributed by atoms with E-state index in [4.69, 9.17) is 10.5 Å². The molecule has 1 aromatic carbocycles. The number of nitrogens with two attached hydrogens (primary N) is 1. The number of likely N-dealkylation sites (tertiary alicyclic amines) is 1. The zero-order chi connectivity index (χ0) is 16.4. The molecule has 2 saturated heterocycles. The van der Waals surface area contributed by atoms with Gasteiger partial charge in [0.2, 0.25) is 5.91 Å². The van der Waals surface area contributed by atoms with Gasteiger partial charge in [-0.2, -0.15) is 0 Å². The minimum atomic E-state index is -0.666. The van der Waals surface area contributed by atoms with Crippen molar-refractivity contribution >= 4 is 5.91 Å². The Balaban J connectivity index is 1.74. The summed E-state index contributed by atoms with van der Waals surface area (Å²) in [6.45, 7) is 4.98. The van der Waals surface area contributed by atoms with Crippen molar-refractivity contribution in [3.8, 4) is 0 Å². The molecule has 23 heavy (non-hydrogen) atoms. The van der Waals surface area contributed by atoms with E-state index in [-0.39, 0.29) is 5.92 Å². The highest BCUT2D eigenvalue weighted by atomic mass is 16.5. The van der Waals surface area contributed by atoms with Gasteiger partial charge < -0.3 is 15.6 Å². The third-order valence-electron chi connectivity index (χ3n) is 5.32. The molecule has 1 aromatic rings. The van der Waals surface area contributed by atoms with Gasteiger partial charge in [-0.1, -0.05) is 12.1 Å². The molecule has 3 unspecified atom stereocenters. The Morgan fingerprint density at radius 1 is 1.52 bits per heavy atom. The molecule has 2 aliphatic heterocycles. The fourth-order valence-corrected chi connectivity index (χ4v) is 3.94. The van der Waals surface area contributed by atoms with Crippen molar-refractivity contribution in [2.24, 2.45) is 11.7 Å². The normalized spacial score (nSPS) is 32.1. The molecule has 3 atom stereocenters. The quantitative estimate of drug-likeness (QED) is 0.883. The van der Waals surface area contributed by atoms with Gasteiger partial charge >= 0.3 is 0 Å². The minimum absolute atomic E-state index is 0.137. The standard InChI is InChI=1S/C18H26N2O3/c1-18(22)7-9-23-12-15(18)16-6-3-8-20(16)11-13-4-2-5-14(10-13)17(19)21/h2,4-5,10,15-16,22H,3,6-9,11-12H2,1H3,(H2,19,21). The molecule has 2 aliphatic rings. The van der Waals surface area contributed by atoms with Crippen molar-refractivity contribution < 1.29 is 14.6 Å². The highest BCUT2D eigenvalue weighted by Gasteiger charge is 2.43. The molecule has 0 bridgehead atoms. The first-order chi connectivity index (χ1) is 11.0. The van der Waals surface area contributed by atoms with E-state index in [1.165, 1.54) is 0 Å². The highest BCUT2D eigenvalue weighted by Crippen LogP contribution is 2.36. The summed E-state index contributed by atoms with van der Waals surface area (Å²) in [5, 5.41) is 10.7. The molecule has 5 heteroatoms. The molecule has 0 spiro atoms. The van der Waals surface area contributed by atoms with Gasteiger partial charge in [0.15, 0.2) is 0 Å². The van der Waals surface area contributed by atoms with E-state index in [0.717, 1.165) is 31.5 Å². The second kappa shape index (κ2) is 6.59. The monoisotopic (exact) mass is 318 g/mol. The number of primary amides is 1. The van der Waals surface area contributed by atoms with Crippen LogP contribution in [0.4, 0.5) is 0 Å². The Labute approximate surface area is 137 Å². The third-order valence-corrected chi connectivity index (χ3v) is 5.32. The number of aliphatic hydroxyl groups is 1. The van der Waals surface area contributed by atoms with E-state index >= 15 is 0 Å². The lowest BCUT2D eigenvalue weighted by atomic mass is 9.79. The van der Waals surface area contributed by atoms with Gasteiger partial charge in [-0.15, -0.1) is 0 Å². The molecule has 0 radical (unpaired) electrons. The number of nitrogens with zero attached hydrogens (tertiary/aromatic N) is 1. The van der Waals surface area contributed by atoms with E-state index in [2.05, 4.69) is 4.90 Å². The van der Waals surface area contributed by atoms with Crippen molar-refractivity contribution in [3.05, 3.63) is 35.4 Å². The van der Waals surface area contributed by atoms with Crippen LogP contribution < -0.4 is 5.73 Å². The van der Waals surface area contributed by atoms with Crippen molar-refractivity contribution in [2.45, 2.75) is 44.4 Å². The maximum Gasteiger partial charge on any atom is 0.248 e. The predicted octanol–water partition coefficient (Wildman–Crippen LogP) is 1.54. The van der Waals surface area contributed by atoms with Crippen molar-refractivity contribution in [1.29, 1.82) is 0 Å². The van der Waals surface area contributed by atoms with E-state index in [0.29, 0.717) is 31.2 Å². The summed E-state index contributed by atoms with van der Waals surface area (Å²) in [4.78, 5) is 13.8. The van der Waals surface area contributed by atoms with Gasteiger partial charge in [0.25, 0.3) is 0 Å². The second-order valence-electron chi connectivity index (χ2n) is 7.03. The number of hydrogen-bond donors (Lipinski definition) is 2. The second-order valence-corrected chi connectivity index (χ2v) is 7.03. The van der Waals surface area contributed by atoms with Gasteiger partial charge in [-0.25, -0.2) is 0 Å². The first kappa shape index (κ1) is 16.4. The van der Waals surface area contributed by atoms with E-state index < -0.39 is 11.5 Å².